The Bertz CT molecular complexity index is 334. The summed E-state index contributed by atoms with van der Waals surface area (Å²) in [5.74, 6) is -0.731. The quantitative estimate of drug-likeness (QED) is 0.541. The van der Waals surface area contributed by atoms with E-state index in [0.29, 0.717) is 0 Å². The Hall–Kier alpha value is -0.910. The van der Waals surface area contributed by atoms with Crippen LogP contribution >= 0.6 is 0 Å². The highest BCUT2D eigenvalue weighted by Crippen LogP contribution is 2.28. The van der Waals surface area contributed by atoms with Gasteiger partial charge in [0.15, 0.2) is 6.04 Å². The monoisotopic (exact) mass is 247 g/mol. The number of esters is 1. The van der Waals surface area contributed by atoms with E-state index in [4.69, 9.17) is 4.74 Å². The Kier molecular flexibility index (Phi) is 3.72. The number of β-lactam (4-membered cyclic amide) rings is 1. The van der Waals surface area contributed by atoms with Crippen LogP contribution in [0.15, 0.2) is 0 Å². The zero-order valence-corrected chi connectivity index (χ0v) is 10.8. The first-order valence-corrected chi connectivity index (χ1v) is 6.30. The first-order chi connectivity index (χ1) is 7.29. The molecular formula is C10H17NO4S. The number of nitrogens with zero attached hydrogens (tertiary/aromatic N) is 1. The van der Waals surface area contributed by atoms with E-state index in [1.807, 2.05) is 0 Å². The maximum Gasteiger partial charge on any atom is 0.330 e. The number of ether oxygens (including phenoxy) is 1. The van der Waals surface area contributed by atoms with E-state index in [-0.39, 0.29) is 18.9 Å². The van der Waals surface area contributed by atoms with E-state index in [1.54, 1.807) is 27.7 Å². The Balaban J connectivity index is 2.75. The third-order valence-electron chi connectivity index (χ3n) is 2.16. The van der Waals surface area contributed by atoms with Gasteiger partial charge in [0.05, 0.1) is 17.8 Å². The highest BCUT2D eigenvalue weighted by molar-refractivity contribution is 7.84. The van der Waals surface area contributed by atoms with Crippen molar-refractivity contribution in [3.8, 4) is 0 Å². The van der Waals surface area contributed by atoms with Crippen molar-refractivity contribution in [1.29, 1.82) is 0 Å². The zero-order chi connectivity index (χ0) is 12.5. The summed E-state index contributed by atoms with van der Waals surface area (Å²) in [6, 6.07) is -0.674. The summed E-state index contributed by atoms with van der Waals surface area (Å²) < 4.78 is 17.4. The molecule has 0 spiro atoms. The van der Waals surface area contributed by atoms with Gasteiger partial charge in [0, 0.05) is 0 Å². The molecule has 1 rings (SSSR count). The highest BCUT2D eigenvalue weighted by Gasteiger charge is 2.48. The highest BCUT2D eigenvalue weighted by atomic mass is 32.2. The van der Waals surface area contributed by atoms with Crippen molar-refractivity contribution < 1.29 is 18.5 Å². The van der Waals surface area contributed by atoms with Crippen molar-refractivity contribution in [2.24, 2.45) is 0 Å². The van der Waals surface area contributed by atoms with Crippen LogP contribution in [-0.4, -0.2) is 37.8 Å². The molecule has 1 saturated heterocycles. The van der Waals surface area contributed by atoms with Crippen LogP contribution in [0.1, 0.15) is 34.1 Å². The molecular weight excluding hydrogens is 230 g/mol. The average Bonchev–Trinajstić information content (AvgIpc) is 2.12. The van der Waals surface area contributed by atoms with Gasteiger partial charge in [-0.25, -0.2) is 13.3 Å². The van der Waals surface area contributed by atoms with Gasteiger partial charge in [0.2, 0.25) is 5.91 Å². The maximum absolute atomic E-state index is 12.0. The van der Waals surface area contributed by atoms with Crippen LogP contribution in [0, 0.1) is 0 Å². The molecule has 1 amide bonds. The standard InChI is InChI=1S/C10H17NO4S/c1-5-15-9(13)7-6-8(12)11(7)16(14)10(2,3)4/h7H,5-6H2,1-4H3/t7?,16-/m1/s1. The lowest BCUT2D eigenvalue weighted by molar-refractivity contribution is -0.159. The van der Waals surface area contributed by atoms with Crippen molar-refractivity contribution >= 4 is 22.9 Å². The second-order valence-corrected chi connectivity index (χ2v) is 6.67. The van der Waals surface area contributed by atoms with E-state index in [2.05, 4.69) is 0 Å². The van der Waals surface area contributed by atoms with Gasteiger partial charge in [-0.1, -0.05) is 0 Å². The fraction of sp³-hybridized carbons (Fsp3) is 0.800. The molecule has 0 aliphatic carbocycles. The molecule has 92 valence electrons. The van der Waals surface area contributed by atoms with Gasteiger partial charge in [0.1, 0.15) is 11.0 Å². The molecule has 0 aromatic heterocycles. The summed E-state index contributed by atoms with van der Waals surface area (Å²) in [4.78, 5) is 22.8. The Labute approximate surface area is 97.7 Å². The summed E-state index contributed by atoms with van der Waals surface area (Å²) in [5, 5.41) is 0. The van der Waals surface area contributed by atoms with Gasteiger partial charge >= 0.3 is 5.97 Å². The third kappa shape index (κ3) is 2.42. The van der Waals surface area contributed by atoms with E-state index in [1.165, 1.54) is 0 Å². The molecule has 1 unspecified atom stereocenters. The van der Waals surface area contributed by atoms with Crippen LogP contribution in [0.2, 0.25) is 0 Å². The van der Waals surface area contributed by atoms with Gasteiger partial charge in [0.25, 0.3) is 0 Å². The lowest BCUT2D eigenvalue weighted by atomic mass is 10.1. The fourth-order valence-electron chi connectivity index (χ4n) is 1.32. The van der Waals surface area contributed by atoms with Crippen LogP contribution in [0.5, 0.6) is 0 Å². The molecule has 1 heterocycles. The summed E-state index contributed by atoms with van der Waals surface area (Å²) in [6.07, 6.45) is 0.0979. The van der Waals surface area contributed by atoms with Crippen molar-refractivity contribution in [3.63, 3.8) is 0 Å². The van der Waals surface area contributed by atoms with E-state index in [0.717, 1.165) is 4.31 Å². The molecule has 0 radical (unpaired) electrons. The minimum absolute atomic E-state index is 0.0979. The molecule has 2 atom stereocenters. The molecule has 0 N–H and O–H groups in total. The first-order valence-electron chi connectivity index (χ1n) is 5.19. The Morgan fingerprint density at radius 1 is 1.56 bits per heavy atom. The Morgan fingerprint density at radius 2 is 2.12 bits per heavy atom. The van der Waals surface area contributed by atoms with Crippen molar-refractivity contribution in [2.45, 2.75) is 44.9 Å². The predicted octanol–water partition coefficient (Wildman–Crippen LogP) is 0.613. The molecule has 5 nitrogen and oxygen atoms in total. The number of rotatable bonds is 3. The van der Waals surface area contributed by atoms with Crippen molar-refractivity contribution in [3.05, 3.63) is 0 Å². The molecule has 0 bridgehead atoms. The van der Waals surface area contributed by atoms with Crippen LogP contribution in [-0.2, 0) is 25.3 Å². The average molecular weight is 247 g/mol. The van der Waals surface area contributed by atoms with Crippen LogP contribution in [0.4, 0.5) is 0 Å². The normalized spacial score (nSPS) is 22.6. The minimum Gasteiger partial charge on any atom is -0.464 e. The third-order valence-corrected chi connectivity index (χ3v) is 4.02. The first kappa shape index (κ1) is 13.2. The molecule has 6 heteroatoms. The molecule has 1 fully saturated rings. The number of amides is 1. The zero-order valence-electron chi connectivity index (χ0n) is 9.98. The number of carbonyl (C=O) groups is 2. The second-order valence-electron chi connectivity index (χ2n) is 4.55. The van der Waals surface area contributed by atoms with E-state index < -0.39 is 27.7 Å². The Morgan fingerprint density at radius 3 is 2.50 bits per heavy atom. The van der Waals surface area contributed by atoms with E-state index in [9.17, 15) is 13.8 Å². The molecule has 1 aliphatic heterocycles. The van der Waals surface area contributed by atoms with Gasteiger partial charge < -0.3 is 4.74 Å². The van der Waals surface area contributed by atoms with Crippen LogP contribution in [0.3, 0.4) is 0 Å². The summed E-state index contributed by atoms with van der Waals surface area (Å²) >= 11 is 0. The molecule has 0 aromatic carbocycles. The molecule has 0 saturated carbocycles. The predicted molar refractivity (Wildman–Crippen MR) is 59.8 cm³/mol. The van der Waals surface area contributed by atoms with Gasteiger partial charge in [-0.15, -0.1) is 0 Å². The summed E-state index contributed by atoms with van der Waals surface area (Å²) in [7, 11) is -1.50. The minimum atomic E-state index is -1.50. The maximum atomic E-state index is 12.0. The lowest BCUT2D eigenvalue weighted by Crippen LogP contribution is -2.60. The second kappa shape index (κ2) is 4.53. The fourth-order valence-corrected chi connectivity index (χ4v) is 2.56. The SMILES string of the molecule is CCOC(=O)C1CC(=O)N1[S@](=O)C(C)(C)C. The number of hydrogen-bond donors (Lipinski definition) is 0. The van der Waals surface area contributed by atoms with Crippen molar-refractivity contribution in [2.75, 3.05) is 6.61 Å². The topological polar surface area (TPSA) is 63.7 Å². The number of carbonyl (C=O) groups excluding carboxylic acids is 2. The molecule has 16 heavy (non-hydrogen) atoms. The largest absolute Gasteiger partial charge is 0.464 e. The molecule has 0 aromatic rings. The molecule has 1 aliphatic rings. The summed E-state index contributed by atoms with van der Waals surface area (Å²) in [6.45, 7) is 7.24. The van der Waals surface area contributed by atoms with Gasteiger partial charge in [-0.3, -0.25) is 4.79 Å². The van der Waals surface area contributed by atoms with Crippen molar-refractivity contribution in [1.82, 2.24) is 4.31 Å². The van der Waals surface area contributed by atoms with Gasteiger partial charge in [-0.2, -0.15) is 0 Å². The van der Waals surface area contributed by atoms with Crippen LogP contribution in [0.25, 0.3) is 0 Å². The van der Waals surface area contributed by atoms with E-state index >= 15 is 0 Å². The van der Waals surface area contributed by atoms with Gasteiger partial charge in [-0.05, 0) is 27.7 Å². The smallest absolute Gasteiger partial charge is 0.330 e. The number of hydrogen-bond acceptors (Lipinski definition) is 4. The summed E-state index contributed by atoms with van der Waals surface area (Å²) in [5.41, 5.74) is 0. The van der Waals surface area contributed by atoms with Crippen LogP contribution < -0.4 is 0 Å². The lowest BCUT2D eigenvalue weighted by Gasteiger charge is -2.40.